The molecule has 0 unspecified atom stereocenters. The van der Waals surface area contributed by atoms with Gasteiger partial charge in [0.05, 0.1) is 0 Å². The van der Waals surface area contributed by atoms with Gasteiger partial charge in [-0.2, -0.15) is 0 Å². The molecule has 1 N–H and O–H groups in total. The van der Waals surface area contributed by atoms with Crippen LogP contribution in [0.4, 0.5) is 10.5 Å². The average Bonchev–Trinajstić information content (AvgIpc) is 2.77. The summed E-state index contributed by atoms with van der Waals surface area (Å²) in [5, 5.41) is 2.26. The van der Waals surface area contributed by atoms with Crippen molar-refractivity contribution in [3.8, 4) is 12.3 Å². The van der Waals surface area contributed by atoms with E-state index in [9.17, 15) is 9.59 Å². The van der Waals surface area contributed by atoms with E-state index in [-0.39, 0.29) is 24.6 Å². The maximum Gasteiger partial charge on any atom is 0.328 e. The summed E-state index contributed by atoms with van der Waals surface area (Å²) in [4.78, 5) is 24.6. The number of carbonyl (C=O) groups is 2. The molecule has 5 heteroatoms. The zero-order valence-corrected chi connectivity index (χ0v) is 11.1. The number of nitrogens with one attached hydrogen (secondary N) is 1. The van der Waals surface area contributed by atoms with Crippen molar-refractivity contribution in [3.63, 3.8) is 0 Å². The summed E-state index contributed by atoms with van der Waals surface area (Å²) in [5.74, 6) is 2.91. The molecule has 2 heterocycles. The molecule has 1 aromatic heterocycles. The molecule has 0 aliphatic carbocycles. The molecular weight excluding hydrogens is 256 g/mol. The molecule has 1 aliphatic rings. The number of carbonyl (C=O) groups excluding carboxylic acids is 2. The molecule has 0 bridgehead atoms. The molecule has 20 heavy (non-hydrogen) atoms. The van der Waals surface area contributed by atoms with Crippen molar-refractivity contribution in [1.29, 1.82) is 0 Å². The quantitative estimate of drug-likeness (QED) is 0.858. The molecule has 0 atom stereocenters. The molecule has 0 spiro atoms. The van der Waals surface area contributed by atoms with E-state index >= 15 is 0 Å². The maximum absolute atomic E-state index is 11.9. The Hall–Kier alpha value is -2.74. The van der Waals surface area contributed by atoms with E-state index < -0.39 is 6.03 Å². The Labute approximate surface area is 116 Å². The fourth-order valence-electron chi connectivity index (χ4n) is 2.07. The minimum absolute atomic E-state index is 0.219. The van der Waals surface area contributed by atoms with Crippen LogP contribution in [0.2, 0.25) is 0 Å². The molecule has 1 aliphatic heterocycles. The molecule has 1 aromatic rings. The summed E-state index contributed by atoms with van der Waals surface area (Å²) >= 11 is 0. The van der Waals surface area contributed by atoms with E-state index in [0.717, 1.165) is 0 Å². The van der Waals surface area contributed by atoms with Crippen LogP contribution >= 0.6 is 0 Å². The van der Waals surface area contributed by atoms with E-state index in [0.29, 0.717) is 17.0 Å². The van der Waals surface area contributed by atoms with Crippen LogP contribution < -0.4 is 10.2 Å². The molecule has 1 saturated heterocycles. The number of allylic oxidation sites excluding steroid dienone is 1. The van der Waals surface area contributed by atoms with E-state index in [1.165, 1.54) is 4.90 Å². The van der Waals surface area contributed by atoms with Gasteiger partial charge in [0, 0.05) is 18.5 Å². The predicted octanol–water partition coefficient (Wildman–Crippen LogP) is 2.38. The third kappa shape index (κ3) is 2.24. The number of nitrogens with zero attached hydrogens (tertiary/aromatic N) is 1. The smallest absolute Gasteiger partial charge is 0.328 e. The number of rotatable bonds is 3. The standard InChI is InChI=1S/C15H14N2O3/c1-4-7-12-10(5-2)14(11(6-3)20-12)17-9-8-13(18)16-15(17)19/h3-5,7H,2,8-9H2,1H3,(H,16,18,19)/b7-4-. The van der Waals surface area contributed by atoms with Gasteiger partial charge in [-0.3, -0.25) is 15.0 Å². The van der Waals surface area contributed by atoms with Gasteiger partial charge in [-0.1, -0.05) is 18.7 Å². The van der Waals surface area contributed by atoms with Crippen LogP contribution in [0.15, 0.2) is 17.1 Å². The lowest BCUT2D eigenvalue weighted by Crippen LogP contribution is -2.49. The van der Waals surface area contributed by atoms with Crippen molar-refractivity contribution in [2.24, 2.45) is 0 Å². The zero-order chi connectivity index (χ0) is 14.7. The van der Waals surface area contributed by atoms with Crippen molar-refractivity contribution in [1.82, 2.24) is 5.32 Å². The van der Waals surface area contributed by atoms with Gasteiger partial charge in [-0.05, 0) is 18.9 Å². The number of anilines is 1. The molecule has 1 fully saturated rings. The second-order valence-electron chi connectivity index (χ2n) is 4.16. The van der Waals surface area contributed by atoms with Gasteiger partial charge in [-0.15, -0.1) is 6.42 Å². The van der Waals surface area contributed by atoms with Crippen LogP contribution in [0.1, 0.15) is 30.4 Å². The fraction of sp³-hybridized carbons (Fsp3) is 0.200. The van der Waals surface area contributed by atoms with E-state index in [1.807, 2.05) is 6.92 Å². The van der Waals surface area contributed by atoms with Crippen LogP contribution in [0.25, 0.3) is 12.2 Å². The molecule has 0 saturated carbocycles. The number of hydrogen-bond donors (Lipinski definition) is 1. The third-order valence-corrected chi connectivity index (χ3v) is 2.92. The Kier molecular flexibility index (Phi) is 3.76. The van der Waals surface area contributed by atoms with Gasteiger partial charge in [0.25, 0.3) is 0 Å². The Balaban J connectivity index is 2.55. The topological polar surface area (TPSA) is 62.6 Å². The lowest BCUT2D eigenvalue weighted by molar-refractivity contribution is -0.120. The van der Waals surface area contributed by atoms with Gasteiger partial charge in [-0.25, -0.2) is 4.79 Å². The number of hydrogen-bond acceptors (Lipinski definition) is 3. The lowest BCUT2D eigenvalue weighted by atomic mass is 10.1. The molecule has 3 amide bonds. The van der Waals surface area contributed by atoms with Crippen LogP contribution in [-0.4, -0.2) is 18.5 Å². The van der Waals surface area contributed by atoms with Crippen molar-refractivity contribution >= 4 is 29.8 Å². The monoisotopic (exact) mass is 270 g/mol. The Morgan fingerprint density at radius 3 is 2.80 bits per heavy atom. The number of furan rings is 1. The summed E-state index contributed by atoms with van der Waals surface area (Å²) in [5.41, 5.74) is 1.11. The van der Waals surface area contributed by atoms with Crippen LogP contribution in [0.3, 0.4) is 0 Å². The van der Waals surface area contributed by atoms with Crippen LogP contribution in [-0.2, 0) is 4.79 Å². The van der Waals surface area contributed by atoms with Gasteiger partial charge >= 0.3 is 6.03 Å². The first-order valence-electron chi connectivity index (χ1n) is 6.12. The lowest BCUT2D eigenvalue weighted by Gasteiger charge is -2.26. The Morgan fingerprint density at radius 2 is 2.25 bits per heavy atom. The van der Waals surface area contributed by atoms with E-state index in [4.69, 9.17) is 10.8 Å². The van der Waals surface area contributed by atoms with Gasteiger partial charge < -0.3 is 4.42 Å². The highest BCUT2D eigenvalue weighted by atomic mass is 16.3. The number of terminal acetylenes is 1. The summed E-state index contributed by atoms with van der Waals surface area (Å²) in [6, 6.07) is -0.506. The molecule has 0 aromatic carbocycles. The minimum atomic E-state index is -0.506. The van der Waals surface area contributed by atoms with Crippen molar-refractivity contribution < 1.29 is 14.0 Å². The largest absolute Gasteiger partial charge is 0.445 e. The predicted molar refractivity (Wildman–Crippen MR) is 76.9 cm³/mol. The number of urea groups is 1. The zero-order valence-electron chi connectivity index (χ0n) is 11.1. The normalized spacial score (nSPS) is 15.3. The first kappa shape index (κ1) is 13.7. The second kappa shape index (κ2) is 5.49. The van der Waals surface area contributed by atoms with Crippen molar-refractivity contribution in [2.75, 3.05) is 11.4 Å². The van der Waals surface area contributed by atoms with E-state index in [2.05, 4.69) is 17.8 Å². The Bertz CT molecular complexity index is 647. The molecular formula is C15H14N2O3. The summed E-state index contributed by atoms with van der Waals surface area (Å²) in [7, 11) is 0. The van der Waals surface area contributed by atoms with Crippen molar-refractivity contribution in [3.05, 3.63) is 29.7 Å². The second-order valence-corrected chi connectivity index (χ2v) is 4.16. The highest BCUT2D eigenvalue weighted by molar-refractivity contribution is 6.07. The first-order valence-corrected chi connectivity index (χ1v) is 6.12. The molecule has 102 valence electrons. The van der Waals surface area contributed by atoms with Gasteiger partial charge in [0.1, 0.15) is 11.4 Å². The van der Waals surface area contributed by atoms with Crippen LogP contribution in [0, 0.1) is 12.3 Å². The highest BCUT2D eigenvalue weighted by Crippen LogP contribution is 2.34. The fourth-order valence-corrected chi connectivity index (χ4v) is 2.07. The molecule has 5 nitrogen and oxygen atoms in total. The minimum Gasteiger partial charge on any atom is -0.445 e. The SMILES string of the molecule is C#Cc1oc(/C=C\C)c(C=C)c1N1CCC(=O)NC1=O. The van der Waals surface area contributed by atoms with E-state index in [1.54, 1.807) is 18.2 Å². The number of amides is 3. The summed E-state index contributed by atoms with van der Waals surface area (Å²) in [6.07, 6.45) is 10.8. The highest BCUT2D eigenvalue weighted by Gasteiger charge is 2.30. The van der Waals surface area contributed by atoms with Crippen molar-refractivity contribution in [2.45, 2.75) is 13.3 Å². The number of imide groups is 1. The maximum atomic E-state index is 11.9. The average molecular weight is 270 g/mol. The van der Waals surface area contributed by atoms with Gasteiger partial charge in [0.15, 0.2) is 0 Å². The molecule has 2 rings (SSSR count). The summed E-state index contributed by atoms with van der Waals surface area (Å²) in [6.45, 7) is 5.83. The van der Waals surface area contributed by atoms with Crippen LogP contribution in [0.5, 0.6) is 0 Å². The van der Waals surface area contributed by atoms with Gasteiger partial charge in [0.2, 0.25) is 11.7 Å². The Morgan fingerprint density at radius 1 is 1.50 bits per heavy atom. The molecule has 0 radical (unpaired) electrons. The first-order chi connectivity index (χ1) is 9.62. The summed E-state index contributed by atoms with van der Waals surface area (Å²) < 4.78 is 5.55. The third-order valence-electron chi connectivity index (χ3n) is 2.92.